The van der Waals surface area contributed by atoms with Crippen LogP contribution in [0.4, 0.5) is 0 Å². The Morgan fingerprint density at radius 2 is 1.61 bits per heavy atom. The van der Waals surface area contributed by atoms with Crippen molar-refractivity contribution < 1.29 is 0 Å². The van der Waals surface area contributed by atoms with E-state index < -0.39 is 0 Å². The number of hydrogen-bond acceptors (Lipinski definition) is 0. The van der Waals surface area contributed by atoms with Crippen LogP contribution in [0.25, 0.3) is 22.3 Å². The predicted octanol–water partition coefficient (Wildman–Crippen LogP) is 9.90. The van der Waals surface area contributed by atoms with Crippen LogP contribution in [0.3, 0.4) is 0 Å². The molecule has 3 aliphatic carbocycles. The molecule has 2 unspecified atom stereocenters. The Bertz CT molecular complexity index is 1100. The van der Waals surface area contributed by atoms with Crippen molar-refractivity contribution in [2.45, 2.75) is 86.0 Å². The van der Waals surface area contributed by atoms with E-state index in [4.69, 9.17) is 0 Å². The summed E-state index contributed by atoms with van der Waals surface area (Å²) >= 11 is 0. The lowest BCUT2D eigenvalue weighted by atomic mass is 9.86. The van der Waals surface area contributed by atoms with Crippen molar-refractivity contribution in [3.05, 3.63) is 82.5 Å². The van der Waals surface area contributed by atoms with Crippen LogP contribution in [0, 0.1) is 18.8 Å². The van der Waals surface area contributed by atoms with Crippen LogP contribution < -0.4 is 0 Å². The smallest absolute Gasteiger partial charge is 0.0102 e. The van der Waals surface area contributed by atoms with Crippen molar-refractivity contribution in [2.24, 2.45) is 11.8 Å². The van der Waals surface area contributed by atoms with Crippen molar-refractivity contribution in [3.63, 3.8) is 0 Å². The maximum absolute atomic E-state index is 4.37. The van der Waals surface area contributed by atoms with Gasteiger partial charge in [0.1, 0.15) is 0 Å². The Kier molecular flexibility index (Phi) is 7.13. The molecule has 5 rings (SSSR count). The Balaban J connectivity index is 0.00000126. The Morgan fingerprint density at radius 3 is 2.24 bits per heavy atom. The minimum Gasteiger partial charge on any atom is -0.0952 e. The van der Waals surface area contributed by atoms with Crippen molar-refractivity contribution >= 4 is 11.1 Å². The molecule has 0 aromatic heterocycles. The largest absolute Gasteiger partial charge is 0.0952 e. The summed E-state index contributed by atoms with van der Waals surface area (Å²) < 4.78 is 0. The fraction of sp³-hybridized carbons (Fsp3) is 0.455. The van der Waals surface area contributed by atoms with Gasteiger partial charge in [0.15, 0.2) is 0 Å². The van der Waals surface area contributed by atoms with Gasteiger partial charge in [-0.3, -0.25) is 0 Å². The van der Waals surface area contributed by atoms with Gasteiger partial charge in [0.25, 0.3) is 0 Å². The highest BCUT2D eigenvalue weighted by Gasteiger charge is 2.35. The summed E-state index contributed by atoms with van der Waals surface area (Å²) in [5.41, 5.74) is 14.9. The van der Waals surface area contributed by atoms with Gasteiger partial charge in [0.2, 0.25) is 0 Å². The zero-order valence-electron chi connectivity index (χ0n) is 21.7. The van der Waals surface area contributed by atoms with Crippen LogP contribution in [0.5, 0.6) is 0 Å². The fourth-order valence-corrected chi connectivity index (χ4v) is 6.33. The highest BCUT2D eigenvalue weighted by atomic mass is 14.4. The molecule has 2 aromatic carbocycles. The van der Waals surface area contributed by atoms with Gasteiger partial charge < -0.3 is 0 Å². The summed E-state index contributed by atoms with van der Waals surface area (Å²) in [5, 5.41) is 0. The molecule has 0 saturated heterocycles. The van der Waals surface area contributed by atoms with Crippen LogP contribution in [-0.4, -0.2) is 0 Å². The van der Waals surface area contributed by atoms with E-state index in [9.17, 15) is 0 Å². The van der Waals surface area contributed by atoms with Crippen molar-refractivity contribution in [1.82, 2.24) is 0 Å². The molecule has 0 radical (unpaired) electrons. The molecular formula is C33H42. The summed E-state index contributed by atoms with van der Waals surface area (Å²) in [6.45, 7) is 17.7. The van der Waals surface area contributed by atoms with Gasteiger partial charge in [-0.2, -0.15) is 0 Å². The molecule has 0 heteroatoms. The van der Waals surface area contributed by atoms with Crippen molar-refractivity contribution in [2.75, 3.05) is 0 Å². The second-order valence-electron chi connectivity index (χ2n) is 10.0. The molecule has 0 aliphatic heterocycles. The zero-order chi connectivity index (χ0) is 23.7. The summed E-state index contributed by atoms with van der Waals surface area (Å²) in [4.78, 5) is 0. The number of allylic oxidation sites excluding steroid dienone is 5. The molecule has 3 aliphatic rings. The summed E-state index contributed by atoms with van der Waals surface area (Å²) in [7, 11) is 0. The first-order chi connectivity index (χ1) is 16.0. The van der Waals surface area contributed by atoms with Gasteiger partial charge >= 0.3 is 0 Å². The normalized spacial score (nSPS) is 19.8. The average Bonchev–Trinajstić information content (AvgIpc) is 3.52. The monoisotopic (exact) mass is 438 g/mol. The molecule has 0 amide bonds. The molecular weight excluding hydrogens is 396 g/mol. The summed E-state index contributed by atoms with van der Waals surface area (Å²) in [6, 6.07) is 9.68. The molecule has 2 atom stereocenters. The number of fused-ring (bicyclic) bond motifs is 5. The first-order valence-electron chi connectivity index (χ1n) is 13.4. The predicted molar refractivity (Wildman–Crippen MR) is 147 cm³/mol. The molecule has 0 nitrogen and oxygen atoms in total. The van der Waals surface area contributed by atoms with Crippen LogP contribution in [0.15, 0.2) is 49.1 Å². The lowest BCUT2D eigenvalue weighted by Crippen LogP contribution is -2.03. The zero-order valence-corrected chi connectivity index (χ0v) is 21.7. The third-order valence-electron chi connectivity index (χ3n) is 8.25. The minimum absolute atomic E-state index is 0.537. The quantitative estimate of drug-likeness (QED) is 0.421. The van der Waals surface area contributed by atoms with Crippen LogP contribution in [0.2, 0.25) is 0 Å². The molecule has 0 saturated carbocycles. The lowest BCUT2D eigenvalue weighted by Gasteiger charge is -2.19. The van der Waals surface area contributed by atoms with E-state index in [0.717, 1.165) is 18.8 Å². The van der Waals surface area contributed by atoms with Gasteiger partial charge in [0, 0.05) is 5.92 Å². The second-order valence-corrected chi connectivity index (χ2v) is 10.0. The van der Waals surface area contributed by atoms with Gasteiger partial charge in [-0.05, 0) is 100 Å². The van der Waals surface area contributed by atoms with Gasteiger partial charge in [-0.15, -0.1) is 0 Å². The number of benzene rings is 2. The third-order valence-corrected chi connectivity index (χ3v) is 8.25. The van der Waals surface area contributed by atoms with E-state index in [2.05, 4.69) is 76.8 Å². The maximum atomic E-state index is 4.37. The topological polar surface area (TPSA) is 0 Å². The van der Waals surface area contributed by atoms with E-state index >= 15 is 0 Å². The SMILES string of the molecule is C=C1CCc2c1ccc1c2-c2c(ccc(C3=CC(C)C=C3)c2C)C1CCC(CC)CC.CC. The summed E-state index contributed by atoms with van der Waals surface area (Å²) in [6.07, 6.45) is 14.5. The van der Waals surface area contributed by atoms with E-state index in [1.165, 1.54) is 53.5 Å². The van der Waals surface area contributed by atoms with Crippen LogP contribution in [-0.2, 0) is 6.42 Å². The van der Waals surface area contributed by atoms with Crippen LogP contribution in [0.1, 0.15) is 106 Å². The van der Waals surface area contributed by atoms with Gasteiger partial charge in [0.05, 0.1) is 0 Å². The molecule has 33 heavy (non-hydrogen) atoms. The standard InChI is InChI=1S/C31H36.C2H6/c1-6-22(7-2)10-13-26-28-17-15-25(23-11-8-19(3)18-23)21(5)30(28)31-27-12-9-20(4)24(27)14-16-29(26)31;1-2/h8,11,14-19,22,26H,4,6-7,9-10,12-13H2,1-3,5H3;1-2H3. The molecule has 0 N–H and O–H groups in total. The Morgan fingerprint density at radius 1 is 0.939 bits per heavy atom. The third kappa shape index (κ3) is 4.07. The van der Waals surface area contributed by atoms with Gasteiger partial charge in [-0.25, -0.2) is 0 Å². The maximum Gasteiger partial charge on any atom is 0.0102 e. The van der Waals surface area contributed by atoms with E-state index in [1.54, 1.807) is 27.8 Å². The van der Waals surface area contributed by atoms with E-state index in [1.807, 2.05) is 13.8 Å². The summed E-state index contributed by atoms with van der Waals surface area (Å²) in [5.74, 6) is 1.93. The Labute approximate surface area is 202 Å². The second kappa shape index (κ2) is 9.88. The highest BCUT2D eigenvalue weighted by Crippen LogP contribution is 2.54. The fourth-order valence-electron chi connectivity index (χ4n) is 6.33. The Hall–Kier alpha value is -2.34. The first-order valence-corrected chi connectivity index (χ1v) is 13.4. The van der Waals surface area contributed by atoms with Crippen molar-refractivity contribution in [1.29, 1.82) is 0 Å². The van der Waals surface area contributed by atoms with Crippen LogP contribution >= 0.6 is 0 Å². The molecule has 0 heterocycles. The first kappa shape index (κ1) is 23.8. The van der Waals surface area contributed by atoms with Crippen molar-refractivity contribution in [3.8, 4) is 11.1 Å². The molecule has 0 fully saturated rings. The minimum atomic E-state index is 0.537. The van der Waals surface area contributed by atoms with Gasteiger partial charge in [-0.1, -0.05) is 96.5 Å². The molecule has 2 aromatic rings. The number of rotatable bonds is 6. The van der Waals surface area contributed by atoms with E-state index in [0.29, 0.717) is 11.8 Å². The molecule has 174 valence electrons. The van der Waals surface area contributed by atoms with E-state index in [-0.39, 0.29) is 0 Å². The lowest BCUT2D eigenvalue weighted by molar-refractivity contribution is 0.430. The molecule has 0 bridgehead atoms. The molecule has 0 spiro atoms. The highest BCUT2D eigenvalue weighted by molar-refractivity contribution is 5.92. The average molecular weight is 439 g/mol. The number of hydrogen-bond donors (Lipinski definition) is 0.